The second kappa shape index (κ2) is 3.96. The summed E-state index contributed by atoms with van der Waals surface area (Å²) in [6.45, 7) is 4.87. The van der Waals surface area contributed by atoms with E-state index >= 15 is 0 Å². The number of aliphatic hydroxyl groups excluding tert-OH is 1. The number of hydrogen-bond donors (Lipinski definition) is 1. The molecule has 1 N–H and O–H groups in total. The van der Waals surface area contributed by atoms with Gasteiger partial charge in [0.05, 0.1) is 0 Å². The summed E-state index contributed by atoms with van der Waals surface area (Å²) in [5.74, 6) is 0.181. The molecule has 0 aromatic carbocycles. The first-order valence-corrected chi connectivity index (χ1v) is 5.44. The lowest BCUT2D eigenvalue weighted by atomic mass is 9.99. The van der Waals surface area contributed by atoms with Crippen LogP contribution < -0.4 is 0 Å². The Kier molecular flexibility index (Phi) is 3.35. The van der Waals surface area contributed by atoms with Crippen LogP contribution in [0.3, 0.4) is 0 Å². The van der Waals surface area contributed by atoms with E-state index in [9.17, 15) is 4.79 Å². The zero-order valence-electron chi connectivity index (χ0n) is 8.09. The van der Waals surface area contributed by atoms with E-state index in [0.29, 0.717) is 12.8 Å². The third-order valence-corrected chi connectivity index (χ3v) is 3.15. The van der Waals surface area contributed by atoms with Gasteiger partial charge in [0.15, 0.2) is 0 Å². The van der Waals surface area contributed by atoms with Crippen molar-refractivity contribution in [3.05, 3.63) is 0 Å². The van der Waals surface area contributed by atoms with Gasteiger partial charge < -0.3 is 10.0 Å². The predicted octanol–water partition coefficient (Wildman–Crippen LogP) is 1.14. The van der Waals surface area contributed by atoms with Gasteiger partial charge in [0.1, 0.15) is 0 Å². The molecule has 76 valence electrons. The van der Waals surface area contributed by atoms with Crippen molar-refractivity contribution in [1.29, 1.82) is 0 Å². The summed E-state index contributed by atoms with van der Waals surface area (Å²) in [6, 6.07) is 0. The minimum absolute atomic E-state index is 0.129. The van der Waals surface area contributed by atoms with Crippen LogP contribution in [-0.4, -0.2) is 39.4 Å². The second-order valence-corrected chi connectivity index (χ2v) is 5.39. The van der Waals surface area contributed by atoms with Crippen LogP contribution in [0.4, 0.5) is 0 Å². The summed E-state index contributed by atoms with van der Waals surface area (Å²) < 4.78 is 0. The SMILES string of the molecule is CC(C)(CCO)N1CC(Br)CC1=O. The largest absolute Gasteiger partial charge is 0.396 e. The van der Waals surface area contributed by atoms with E-state index in [1.165, 1.54) is 0 Å². The van der Waals surface area contributed by atoms with Crippen LogP contribution in [-0.2, 0) is 4.79 Å². The van der Waals surface area contributed by atoms with Crippen LogP contribution in [0.2, 0.25) is 0 Å². The molecule has 0 aromatic heterocycles. The maximum Gasteiger partial charge on any atom is 0.224 e. The Bertz CT molecular complexity index is 206. The quantitative estimate of drug-likeness (QED) is 0.763. The van der Waals surface area contributed by atoms with Gasteiger partial charge >= 0.3 is 0 Å². The van der Waals surface area contributed by atoms with Crippen molar-refractivity contribution in [3.8, 4) is 0 Å². The minimum atomic E-state index is -0.214. The second-order valence-electron chi connectivity index (χ2n) is 4.09. The fraction of sp³-hybridized carbons (Fsp3) is 0.889. The van der Waals surface area contributed by atoms with Gasteiger partial charge in [0.2, 0.25) is 5.91 Å². The van der Waals surface area contributed by atoms with Gasteiger partial charge in [-0.15, -0.1) is 0 Å². The van der Waals surface area contributed by atoms with Crippen LogP contribution in [0.1, 0.15) is 26.7 Å². The highest BCUT2D eigenvalue weighted by atomic mass is 79.9. The molecular weight excluding hydrogens is 234 g/mol. The first-order valence-electron chi connectivity index (χ1n) is 4.53. The summed E-state index contributed by atoms with van der Waals surface area (Å²) in [4.78, 5) is 13.6. The fourth-order valence-corrected chi connectivity index (χ4v) is 2.22. The smallest absolute Gasteiger partial charge is 0.224 e. The van der Waals surface area contributed by atoms with E-state index in [4.69, 9.17) is 5.11 Å². The lowest BCUT2D eigenvalue weighted by molar-refractivity contribution is -0.132. The number of halogens is 1. The molecular formula is C9H16BrNO2. The van der Waals surface area contributed by atoms with Crippen LogP contribution in [0.25, 0.3) is 0 Å². The Labute approximate surface area is 87.2 Å². The van der Waals surface area contributed by atoms with Gasteiger partial charge in [-0.25, -0.2) is 0 Å². The first kappa shape index (κ1) is 11.0. The van der Waals surface area contributed by atoms with Gasteiger partial charge in [0.25, 0.3) is 0 Å². The molecule has 13 heavy (non-hydrogen) atoms. The summed E-state index contributed by atoms with van der Waals surface area (Å²) >= 11 is 3.44. The zero-order valence-corrected chi connectivity index (χ0v) is 9.67. The van der Waals surface area contributed by atoms with E-state index in [-0.39, 0.29) is 22.9 Å². The van der Waals surface area contributed by atoms with Crippen molar-refractivity contribution in [1.82, 2.24) is 4.90 Å². The Morgan fingerprint density at radius 1 is 1.69 bits per heavy atom. The first-order chi connectivity index (χ1) is 5.97. The van der Waals surface area contributed by atoms with Crippen molar-refractivity contribution < 1.29 is 9.90 Å². The number of aliphatic hydroxyl groups is 1. The van der Waals surface area contributed by atoms with Crippen LogP contribution >= 0.6 is 15.9 Å². The van der Waals surface area contributed by atoms with Crippen LogP contribution in [0.5, 0.6) is 0 Å². The highest BCUT2D eigenvalue weighted by molar-refractivity contribution is 9.09. The molecule has 1 saturated heterocycles. The molecule has 1 unspecified atom stereocenters. The number of alkyl halides is 1. The van der Waals surface area contributed by atoms with Gasteiger partial charge in [0, 0.05) is 29.9 Å². The van der Waals surface area contributed by atoms with Gasteiger partial charge in [-0.1, -0.05) is 15.9 Å². The third kappa shape index (κ3) is 2.44. The molecule has 0 bridgehead atoms. The topological polar surface area (TPSA) is 40.5 Å². The molecule has 1 rings (SSSR count). The molecule has 0 aromatic rings. The lowest BCUT2D eigenvalue weighted by Crippen LogP contribution is -2.45. The van der Waals surface area contributed by atoms with Gasteiger partial charge in [-0.05, 0) is 20.3 Å². The minimum Gasteiger partial charge on any atom is -0.396 e. The third-order valence-electron chi connectivity index (χ3n) is 2.53. The van der Waals surface area contributed by atoms with Crippen LogP contribution in [0.15, 0.2) is 0 Å². The molecule has 0 radical (unpaired) electrons. The average Bonchev–Trinajstić information content (AvgIpc) is 2.30. The van der Waals surface area contributed by atoms with Crippen molar-refractivity contribution in [2.75, 3.05) is 13.2 Å². The molecule has 1 aliphatic rings. The van der Waals surface area contributed by atoms with E-state index in [2.05, 4.69) is 15.9 Å². The van der Waals surface area contributed by atoms with Crippen molar-refractivity contribution in [2.24, 2.45) is 0 Å². The molecule has 0 saturated carbocycles. The van der Waals surface area contributed by atoms with E-state index in [1.807, 2.05) is 18.7 Å². The fourth-order valence-electron chi connectivity index (χ4n) is 1.66. The number of hydrogen-bond acceptors (Lipinski definition) is 2. The number of carbonyl (C=O) groups is 1. The molecule has 1 aliphatic heterocycles. The number of nitrogens with zero attached hydrogens (tertiary/aromatic N) is 1. The zero-order chi connectivity index (χ0) is 10.1. The Morgan fingerprint density at radius 2 is 2.31 bits per heavy atom. The summed E-state index contributed by atoms with van der Waals surface area (Å²) in [5.41, 5.74) is -0.214. The molecule has 1 atom stereocenters. The Balaban J connectivity index is 2.65. The maximum atomic E-state index is 11.5. The molecule has 1 amide bonds. The highest BCUT2D eigenvalue weighted by Gasteiger charge is 2.37. The van der Waals surface area contributed by atoms with Gasteiger partial charge in [-0.3, -0.25) is 4.79 Å². The standard InChI is InChI=1S/C9H16BrNO2/c1-9(2,3-4-12)11-6-7(10)5-8(11)13/h7,12H,3-6H2,1-2H3. The molecule has 1 heterocycles. The number of amides is 1. The summed E-state index contributed by atoms with van der Waals surface area (Å²) in [6.07, 6.45) is 1.22. The Hall–Kier alpha value is -0.0900. The molecule has 0 aliphatic carbocycles. The number of rotatable bonds is 3. The van der Waals surface area contributed by atoms with Crippen molar-refractivity contribution in [2.45, 2.75) is 37.1 Å². The summed E-state index contributed by atoms with van der Waals surface area (Å²) in [5, 5.41) is 8.86. The Morgan fingerprint density at radius 3 is 2.69 bits per heavy atom. The molecule has 1 fully saturated rings. The molecule has 0 spiro atoms. The lowest BCUT2D eigenvalue weighted by Gasteiger charge is -2.35. The van der Waals surface area contributed by atoms with E-state index < -0.39 is 0 Å². The maximum absolute atomic E-state index is 11.5. The van der Waals surface area contributed by atoms with Gasteiger partial charge in [-0.2, -0.15) is 0 Å². The van der Waals surface area contributed by atoms with Crippen LogP contribution in [0, 0.1) is 0 Å². The van der Waals surface area contributed by atoms with E-state index in [1.54, 1.807) is 0 Å². The van der Waals surface area contributed by atoms with E-state index in [0.717, 1.165) is 6.54 Å². The number of carbonyl (C=O) groups excluding carboxylic acids is 1. The van der Waals surface area contributed by atoms with Crippen molar-refractivity contribution in [3.63, 3.8) is 0 Å². The monoisotopic (exact) mass is 249 g/mol. The predicted molar refractivity (Wildman–Crippen MR) is 54.8 cm³/mol. The summed E-state index contributed by atoms with van der Waals surface area (Å²) in [7, 11) is 0. The normalized spacial score (nSPS) is 24.2. The molecule has 4 heteroatoms. The average molecular weight is 250 g/mol. The molecule has 3 nitrogen and oxygen atoms in total. The highest BCUT2D eigenvalue weighted by Crippen LogP contribution is 2.27. The number of likely N-dealkylation sites (tertiary alicyclic amines) is 1. The van der Waals surface area contributed by atoms with Crippen molar-refractivity contribution >= 4 is 21.8 Å².